The van der Waals surface area contributed by atoms with Gasteiger partial charge in [-0.1, -0.05) is 62.0 Å². The molecule has 0 saturated carbocycles. The number of fused-ring (bicyclic) bond motifs is 1. The fourth-order valence-corrected chi connectivity index (χ4v) is 2.04. The lowest BCUT2D eigenvalue weighted by Gasteiger charge is -2.08. The fraction of sp³-hybridized carbons (Fsp3) is 0.118. The molecule has 3 aromatic rings. The summed E-state index contributed by atoms with van der Waals surface area (Å²) in [5, 5.41) is 5.77. The molecule has 19 heavy (non-hydrogen) atoms. The average Bonchev–Trinajstić information content (AvgIpc) is 2.46. The third-order valence-corrected chi connectivity index (χ3v) is 2.98. The number of nitrogens with zero attached hydrogens (tertiary/aromatic N) is 1. The predicted octanol–water partition coefficient (Wildman–Crippen LogP) is 4.48. The molecule has 0 saturated heterocycles. The zero-order chi connectivity index (χ0) is 12.2. The smallest absolute Gasteiger partial charge is 0.134 e. The highest BCUT2D eigenvalue weighted by molar-refractivity contribution is 5.91. The highest BCUT2D eigenvalue weighted by Gasteiger charge is 2.00. The lowest BCUT2D eigenvalue weighted by Crippen LogP contribution is -2.01. The minimum Gasteiger partial charge on any atom is -0.365 e. The molecule has 0 unspecified atom stereocenters. The molecule has 2 nitrogen and oxygen atoms in total. The van der Waals surface area contributed by atoms with Crippen LogP contribution in [-0.2, 0) is 6.54 Å². The Bertz CT molecular complexity index is 642. The second kappa shape index (κ2) is 6.01. The van der Waals surface area contributed by atoms with Crippen molar-refractivity contribution in [3.05, 3.63) is 72.4 Å². The number of rotatable bonds is 3. The predicted molar refractivity (Wildman–Crippen MR) is 82.2 cm³/mol. The molecule has 1 aromatic heterocycles. The molecule has 0 aliphatic heterocycles. The van der Waals surface area contributed by atoms with Crippen molar-refractivity contribution in [3.8, 4) is 0 Å². The second-order valence-corrected chi connectivity index (χ2v) is 4.22. The Morgan fingerprint density at radius 2 is 1.58 bits per heavy atom. The van der Waals surface area contributed by atoms with Gasteiger partial charge in [-0.25, -0.2) is 4.98 Å². The van der Waals surface area contributed by atoms with Crippen LogP contribution in [0, 0.1) is 0 Å². The van der Waals surface area contributed by atoms with Gasteiger partial charge in [-0.15, -0.1) is 0 Å². The van der Waals surface area contributed by atoms with Crippen LogP contribution in [0.4, 0.5) is 5.82 Å². The maximum absolute atomic E-state index is 4.41. The van der Waals surface area contributed by atoms with Gasteiger partial charge in [-0.2, -0.15) is 0 Å². The SMILES string of the molecule is C.c1ccc(CNc2nccc3ccccc23)cc1. The molecule has 96 valence electrons. The van der Waals surface area contributed by atoms with Crippen LogP contribution in [0.3, 0.4) is 0 Å². The first-order chi connectivity index (χ1) is 8.93. The molecule has 0 aliphatic rings. The normalized spacial score (nSPS) is 9.89. The van der Waals surface area contributed by atoms with E-state index in [-0.39, 0.29) is 7.43 Å². The summed E-state index contributed by atoms with van der Waals surface area (Å²) in [6, 6.07) is 20.7. The van der Waals surface area contributed by atoms with Crippen LogP contribution < -0.4 is 5.32 Å². The van der Waals surface area contributed by atoms with Crippen molar-refractivity contribution >= 4 is 16.6 Å². The van der Waals surface area contributed by atoms with E-state index in [1.54, 1.807) is 0 Å². The molecule has 0 bridgehead atoms. The molecule has 0 aliphatic carbocycles. The van der Waals surface area contributed by atoms with Crippen molar-refractivity contribution < 1.29 is 0 Å². The van der Waals surface area contributed by atoms with E-state index in [1.807, 2.05) is 42.6 Å². The maximum atomic E-state index is 4.41. The Kier molecular flexibility index (Phi) is 4.14. The molecule has 0 radical (unpaired) electrons. The fourth-order valence-electron chi connectivity index (χ4n) is 2.04. The van der Waals surface area contributed by atoms with Gasteiger partial charge in [0, 0.05) is 18.1 Å². The van der Waals surface area contributed by atoms with Crippen LogP contribution in [0.15, 0.2) is 66.9 Å². The first-order valence-corrected chi connectivity index (χ1v) is 6.05. The average molecular weight is 250 g/mol. The van der Waals surface area contributed by atoms with Gasteiger partial charge in [0.15, 0.2) is 0 Å². The first kappa shape index (κ1) is 13.1. The van der Waals surface area contributed by atoms with Gasteiger partial charge < -0.3 is 5.32 Å². The molecule has 0 amide bonds. The molecule has 0 fully saturated rings. The summed E-state index contributed by atoms with van der Waals surface area (Å²) in [6.07, 6.45) is 1.84. The van der Waals surface area contributed by atoms with Gasteiger partial charge >= 0.3 is 0 Å². The van der Waals surface area contributed by atoms with Crippen LogP contribution in [0.5, 0.6) is 0 Å². The van der Waals surface area contributed by atoms with Crippen molar-refractivity contribution in [2.75, 3.05) is 5.32 Å². The van der Waals surface area contributed by atoms with E-state index in [0.717, 1.165) is 17.7 Å². The Balaban J connectivity index is 0.00000133. The number of aromatic nitrogens is 1. The van der Waals surface area contributed by atoms with E-state index in [9.17, 15) is 0 Å². The van der Waals surface area contributed by atoms with Crippen molar-refractivity contribution in [3.63, 3.8) is 0 Å². The van der Waals surface area contributed by atoms with Crippen molar-refractivity contribution in [2.45, 2.75) is 14.0 Å². The lowest BCUT2D eigenvalue weighted by atomic mass is 10.1. The van der Waals surface area contributed by atoms with Gasteiger partial charge in [0.25, 0.3) is 0 Å². The van der Waals surface area contributed by atoms with Gasteiger partial charge in [0.2, 0.25) is 0 Å². The summed E-state index contributed by atoms with van der Waals surface area (Å²) >= 11 is 0. The maximum Gasteiger partial charge on any atom is 0.134 e. The number of hydrogen-bond acceptors (Lipinski definition) is 2. The zero-order valence-electron chi connectivity index (χ0n) is 10.0. The first-order valence-electron chi connectivity index (χ1n) is 6.05. The third kappa shape index (κ3) is 2.91. The summed E-state index contributed by atoms with van der Waals surface area (Å²) in [6.45, 7) is 0.793. The summed E-state index contributed by atoms with van der Waals surface area (Å²) in [5.74, 6) is 0.942. The molecule has 0 spiro atoms. The van der Waals surface area contributed by atoms with Crippen LogP contribution in [-0.4, -0.2) is 4.98 Å². The van der Waals surface area contributed by atoms with Gasteiger partial charge in [0.1, 0.15) is 5.82 Å². The van der Waals surface area contributed by atoms with Crippen LogP contribution in [0.2, 0.25) is 0 Å². The van der Waals surface area contributed by atoms with Crippen molar-refractivity contribution in [1.82, 2.24) is 4.98 Å². The van der Waals surface area contributed by atoms with E-state index in [1.165, 1.54) is 10.9 Å². The molecule has 2 heteroatoms. The van der Waals surface area contributed by atoms with E-state index < -0.39 is 0 Å². The van der Waals surface area contributed by atoms with Gasteiger partial charge in [-0.3, -0.25) is 0 Å². The quantitative estimate of drug-likeness (QED) is 0.741. The minimum atomic E-state index is 0. The molecule has 0 atom stereocenters. The van der Waals surface area contributed by atoms with E-state index in [0.29, 0.717) is 0 Å². The number of benzene rings is 2. The molecular formula is C17H18N2. The Labute approximate surface area is 114 Å². The van der Waals surface area contributed by atoms with Crippen LogP contribution in [0.1, 0.15) is 13.0 Å². The number of hydrogen-bond donors (Lipinski definition) is 1. The van der Waals surface area contributed by atoms with Gasteiger partial charge in [0.05, 0.1) is 0 Å². The second-order valence-electron chi connectivity index (χ2n) is 4.22. The van der Waals surface area contributed by atoms with E-state index in [2.05, 4.69) is 34.6 Å². The highest BCUT2D eigenvalue weighted by atomic mass is 15.0. The summed E-state index contributed by atoms with van der Waals surface area (Å²) in [4.78, 5) is 4.41. The molecule has 1 N–H and O–H groups in total. The largest absolute Gasteiger partial charge is 0.365 e. The Hall–Kier alpha value is -2.35. The number of anilines is 1. The number of nitrogens with one attached hydrogen (secondary N) is 1. The van der Waals surface area contributed by atoms with Crippen molar-refractivity contribution in [2.24, 2.45) is 0 Å². The van der Waals surface area contributed by atoms with Crippen molar-refractivity contribution in [1.29, 1.82) is 0 Å². The molecule has 2 aromatic carbocycles. The minimum absolute atomic E-state index is 0. The summed E-state index contributed by atoms with van der Waals surface area (Å²) in [5.41, 5.74) is 1.26. The standard InChI is InChI=1S/C16H14N2.CH4/c1-2-6-13(7-3-1)12-18-16-15-9-5-4-8-14(15)10-11-17-16;/h1-11H,12H2,(H,17,18);1H4. The van der Waals surface area contributed by atoms with Crippen LogP contribution >= 0.6 is 0 Å². The molecular weight excluding hydrogens is 232 g/mol. The summed E-state index contributed by atoms with van der Waals surface area (Å²) < 4.78 is 0. The monoisotopic (exact) mass is 250 g/mol. The van der Waals surface area contributed by atoms with Gasteiger partial charge in [-0.05, 0) is 17.0 Å². The van der Waals surface area contributed by atoms with E-state index in [4.69, 9.17) is 0 Å². The Morgan fingerprint density at radius 1 is 0.842 bits per heavy atom. The zero-order valence-corrected chi connectivity index (χ0v) is 10.0. The molecule has 3 rings (SSSR count). The topological polar surface area (TPSA) is 24.9 Å². The van der Waals surface area contributed by atoms with E-state index >= 15 is 0 Å². The molecule has 1 heterocycles. The van der Waals surface area contributed by atoms with Crippen LogP contribution in [0.25, 0.3) is 10.8 Å². The Morgan fingerprint density at radius 3 is 2.42 bits per heavy atom. The highest BCUT2D eigenvalue weighted by Crippen LogP contribution is 2.20. The number of pyridine rings is 1. The summed E-state index contributed by atoms with van der Waals surface area (Å²) in [7, 11) is 0. The lowest BCUT2D eigenvalue weighted by molar-refractivity contribution is 1.12. The third-order valence-electron chi connectivity index (χ3n) is 2.98.